The first-order valence-electron chi connectivity index (χ1n) is 8.50. The van der Waals surface area contributed by atoms with Crippen LogP contribution in [0, 0.1) is 0 Å². The summed E-state index contributed by atoms with van der Waals surface area (Å²) in [6.07, 6.45) is 4.38. The minimum absolute atomic E-state index is 0.289. The molecule has 0 amide bonds. The van der Waals surface area contributed by atoms with Crippen LogP contribution in [-0.4, -0.2) is 13.2 Å². The molecular weight excluding hydrogens is 308 g/mol. The maximum atomic E-state index is 6.11. The average Bonchev–Trinajstić information content (AvgIpc) is 3.06. The fraction of sp³-hybridized carbons (Fsp3) is 0.130. The van der Waals surface area contributed by atoms with Gasteiger partial charge in [-0.15, -0.1) is 0 Å². The Labute approximate surface area is 148 Å². The lowest BCUT2D eigenvalue weighted by Gasteiger charge is -2.29. The first-order valence-corrected chi connectivity index (χ1v) is 8.50. The highest BCUT2D eigenvalue weighted by Gasteiger charge is 2.36. The van der Waals surface area contributed by atoms with Crippen LogP contribution in [0.15, 0.2) is 91.0 Å². The molecule has 0 heterocycles. The van der Waals surface area contributed by atoms with Gasteiger partial charge in [-0.2, -0.15) is 0 Å². The second-order valence-electron chi connectivity index (χ2n) is 6.28. The average molecular weight is 328 g/mol. The number of para-hydroxylation sites is 2. The van der Waals surface area contributed by atoms with E-state index >= 15 is 0 Å². The Morgan fingerprint density at radius 1 is 0.600 bits per heavy atom. The summed E-state index contributed by atoms with van der Waals surface area (Å²) in [5.41, 5.74) is 2.19. The van der Waals surface area contributed by atoms with Gasteiger partial charge < -0.3 is 9.47 Å². The largest absolute Gasteiger partial charge is 0.492 e. The summed E-state index contributed by atoms with van der Waals surface area (Å²) in [5.74, 6) is 1.75. The molecule has 1 aliphatic carbocycles. The van der Waals surface area contributed by atoms with Crippen LogP contribution < -0.4 is 9.47 Å². The zero-order valence-corrected chi connectivity index (χ0v) is 14.0. The Balaban J connectivity index is 1.59. The molecule has 4 rings (SSSR count). The van der Waals surface area contributed by atoms with Crippen LogP contribution in [0.1, 0.15) is 11.1 Å². The van der Waals surface area contributed by atoms with E-state index in [2.05, 4.69) is 36.4 Å². The summed E-state index contributed by atoms with van der Waals surface area (Å²) in [7, 11) is 0. The molecule has 124 valence electrons. The van der Waals surface area contributed by atoms with E-state index in [0.29, 0.717) is 13.2 Å². The maximum Gasteiger partial charge on any atom is 0.119 e. The van der Waals surface area contributed by atoms with Crippen LogP contribution in [0.25, 0.3) is 6.08 Å². The van der Waals surface area contributed by atoms with Crippen LogP contribution in [0.2, 0.25) is 0 Å². The molecule has 0 spiro atoms. The van der Waals surface area contributed by atoms with E-state index in [4.69, 9.17) is 9.47 Å². The van der Waals surface area contributed by atoms with E-state index < -0.39 is 0 Å². The van der Waals surface area contributed by atoms with Gasteiger partial charge in [-0.3, -0.25) is 0 Å². The van der Waals surface area contributed by atoms with Crippen LogP contribution in [0.4, 0.5) is 0 Å². The van der Waals surface area contributed by atoms with Crippen molar-refractivity contribution in [3.63, 3.8) is 0 Å². The SMILES string of the molecule is C1=CC(COc2ccccc2)(COc2ccccc2)c2ccccc21. The molecule has 3 aromatic rings. The summed E-state index contributed by atoms with van der Waals surface area (Å²) < 4.78 is 12.2. The molecule has 0 fully saturated rings. The highest BCUT2D eigenvalue weighted by atomic mass is 16.5. The number of hydrogen-bond acceptors (Lipinski definition) is 2. The summed E-state index contributed by atoms with van der Waals surface area (Å²) >= 11 is 0. The van der Waals surface area contributed by atoms with Crippen molar-refractivity contribution < 1.29 is 9.47 Å². The highest BCUT2D eigenvalue weighted by molar-refractivity contribution is 5.65. The van der Waals surface area contributed by atoms with Gasteiger partial charge in [0.15, 0.2) is 0 Å². The van der Waals surface area contributed by atoms with Crippen molar-refractivity contribution in [1.82, 2.24) is 0 Å². The van der Waals surface area contributed by atoms with E-state index in [1.165, 1.54) is 11.1 Å². The predicted molar refractivity (Wildman–Crippen MR) is 101 cm³/mol. The quantitative estimate of drug-likeness (QED) is 0.626. The molecule has 25 heavy (non-hydrogen) atoms. The van der Waals surface area contributed by atoms with Gasteiger partial charge in [-0.25, -0.2) is 0 Å². The molecular formula is C23H20O2. The third kappa shape index (κ3) is 3.29. The molecule has 0 radical (unpaired) electrons. The summed E-state index contributed by atoms with van der Waals surface area (Å²) in [6, 6.07) is 28.3. The summed E-state index contributed by atoms with van der Waals surface area (Å²) in [6.45, 7) is 1.08. The van der Waals surface area contributed by atoms with Crippen molar-refractivity contribution in [3.05, 3.63) is 102 Å². The standard InChI is InChI=1S/C23H20O2/c1-3-10-20(11-4-1)24-17-23(18-25-21-12-5-2-6-13-21)16-15-19-9-7-8-14-22(19)23/h1-16H,17-18H2. The Morgan fingerprint density at radius 2 is 1.12 bits per heavy atom. The van der Waals surface area contributed by atoms with E-state index in [0.717, 1.165) is 11.5 Å². The minimum atomic E-state index is -0.289. The summed E-state index contributed by atoms with van der Waals surface area (Å²) in [5, 5.41) is 0. The van der Waals surface area contributed by atoms with Crippen molar-refractivity contribution in [2.45, 2.75) is 5.41 Å². The summed E-state index contributed by atoms with van der Waals surface area (Å²) in [4.78, 5) is 0. The zero-order valence-electron chi connectivity index (χ0n) is 14.0. The minimum Gasteiger partial charge on any atom is -0.492 e. The second kappa shape index (κ2) is 6.86. The molecule has 0 N–H and O–H groups in total. The number of ether oxygens (including phenoxy) is 2. The molecule has 2 nitrogen and oxygen atoms in total. The second-order valence-corrected chi connectivity index (χ2v) is 6.28. The lowest BCUT2D eigenvalue weighted by Crippen LogP contribution is -2.36. The van der Waals surface area contributed by atoms with Gasteiger partial charge in [0.25, 0.3) is 0 Å². The number of fused-ring (bicyclic) bond motifs is 1. The number of benzene rings is 3. The molecule has 0 atom stereocenters. The monoisotopic (exact) mass is 328 g/mol. The van der Waals surface area contributed by atoms with E-state index in [1.54, 1.807) is 0 Å². The van der Waals surface area contributed by atoms with Gasteiger partial charge in [0.05, 0.1) is 5.41 Å². The lowest BCUT2D eigenvalue weighted by molar-refractivity contribution is 0.176. The lowest BCUT2D eigenvalue weighted by atomic mass is 9.84. The normalized spacial score (nSPS) is 14.1. The van der Waals surface area contributed by atoms with Crippen molar-refractivity contribution >= 4 is 6.08 Å². The van der Waals surface area contributed by atoms with Crippen LogP contribution in [0.5, 0.6) is 11.5 Å². The van der Waals surface area contributed by atoms with Crippen LogP contribution in [0.3, 0.4) is 0 Å². The first-order chi connectivity index (χ1) is 12.4. The molecule has 0 bridgehead atoms. The van der Waals surface area contributed by atoms with Gasteiger partial charge in [-0.05, 0) is 35.4 Å². The molecule has 0 unspecified atom stereocenters. The molecule has 3 aromatic carbocycles. The van der Waals surface area contributed by atoms with Gasteiger partial charge in [0, 0.05) is 0 Å². The Hall–Kier alpha value is -3.00. The topological polar surface area (TPSA) is 18.5 Å². The fourth-order valence-electron chi connectivity index (χ4n) is 3.19. The van der Waals surface area contributed by atoms with Crippen LogP contribution in [-0.2, 0) is 5.41 Å². The molecule has 2 heteroatoms. The van der Waals surface area contributed by atoms with Crippen molar-refractivity contribution in [2.24, 2.45) is 0 Å². The first kappa shape index (κ1) is 15.5. The van der Waals surface area contributed by atoms with Crippen molar-refractivity contribution in [3.8, 4) is 11.5 Å². The molecule has 0 aliphatic heterocycles. The number of rotatable bonds is 6. The smallest absolute Gasteiger partial charge is 0.119 e. The van der Waals surface area contributed by atoms with Gasteiger partial charge in [0.2, 0.25) is 0 Å². The molecule has 0 aromatic heterocycles. The van der Waals surface area contributed by atoms with Gasteiger partial charge >= 0.3 is 0 Å². The van der Waals surface area contributed by atoms with Crippen LogP contribution >= 0.6 is 0 Å². The third-order valence-electron chi connectivity index (χ3n) is 4.56. The van der Waals surface area contributed by atoms with Crippen molar-refractivity contribution in [2.75, 3.05) is 13.2 Å². The maximum absolute atomic E-state index is 6.11. The molecule has 0 saturated carbocycles. The van der Waals surface area contributed by atoms with E-state index in [9.17, 15) is 0 Å². The third-order valence-corrected chi connectivity index (χ3v) is 4.56. The Bertz CT molecular complexity index is 810. The van der Waals surface area contributed by atoms with E-state index in [-0.39, 0.29) is 5.41 Å². The van der Waals surface area contributed by atoms with Crippen molar-refractivity contribution in [1.29, 1.82) is 0 Å². The van der Waals surface area contributed by atoms with Gasteiger partial charge in [0.1, 0.15) is 24.7 Å². The molecule has 1 aliphatic rings. The zero-order chi connectivity index (χ0) is 17.0. The number of hydrogen-bond donors (Lipinski definition) is 0. The fourth-order valence-corrected chi connectivity index (χ4v) is 3.19. The molecule has 0 saturated heterocycles. The highest BCUT2D eigenvalue weighted by Crippen LogP contribution is 2.37. The Kier molecular flexibility index (Phi) is 4.26. The Morgan fingerprint density at radius 3 is 1.72 bits per heavy atom. The predicted octanol–water partition coefficient (Wildman–Crippen LogP) is 5.11. The van der Waals surface area contributed by atoms with E-state index in [1.807, 2.05) is 60.7 Å². The van der Waals surface area contributed by atoms with Gasteiger partial charge in [-0.1, -0.05) is 72.8 Å².